The maximum Gasteiger partial charge on any atom is 0.329 e. The number of allylic oxidation sites excluding steroid dienone is 1. The van der Waals surface area contributed by atoms with Crippen LogP contribution in [-0.2, 0) is 11.3 Å². The zero-order valence-corrected chi connectivity index (χ0v) is 17.3. The Kier molecular flexibility index (Phi) is 4.86. The fourth-order valence-corrected chi connectivity index (χ4v) is 4.53. The lowest BCUT2D eigenvalue weighted by Crippen LogP contribution is -2.38. The molecule has 0 bridgehead atoms. The highest BCUT2D eigenvalue weighted by Crippen LogP contribution is 2.47. The van der Waals surface area contributed by atoms with Gasteiger partial charge in [0, 0.05) is 42.9 Å². The summed E-state index contributed by atoms with van der Waals surface area (Å²) in [6.45, 7) is 0.754. The first-order chi connectivity index (χ1) is 15.5. The van der Waals surface area contributed by atoms with Crippen molar-refractivity contribution in [3.8, 4) is 0 Å². The van der Waals surface area contributed by atoms with Crippen LogP contribution in [-0.4, -0.2) is 29.1 Å². The Hall–Kier alpha value is -3.78. The first kappa shape index (κ1) is 20.1. The number of nitrogens with one attached hydrogen (secondary N) is 2. The number of halogens is 1. The van der Waals surface area contributed by atoms with Gasteiger partial charge in [0.25, 0.3) is 5.56 Å². The molecular weight excluding hydrogens is 413 g/mol. The first-order valence-corrected chi connectivity index (χ1v) is 10.3. The van der Waals surface area contributed by atoms with E-state index in [0.717, 1.165) is 0 Å². The molecule has 2 aliphatic rings. The summed E-state index contributed by atoms with van der Waals surface area (Å²) in [5.74, 6) is -1.02. The maximum atomic E-state index is 13.7. The van der Waals surface area contributed by atoms with E-state index in [0.29, 0.717) is 53.4 Å². The molecule has 8 heteroatoms. The van der Waals surface area contributed by atoms with E-state index in [1.165, 1.54) is 16.7 Å². The van der Waals surface area contributed by atoms with Gasteiger partial charge < -0.3 is 10.1 Å². The SMILES string of the molecule is COCCCn1c2c(c(=O)[nH]c1=O)[C@@H](c1ccc(F)cc1)C1=C(N2)c2ccccc2C1=O. The number of ether oxygens (including phenoxy) is 1. The molecular formula is C24H20FN3O4. The fraction of sp³-hybridized carbons (Fsp3) is 0.208. The number of rotatable bonds is 5. The van der Waals surface area contributed by atoms with Crippen LogP contribution in [0.5, 0.6) is 0 Å². The molecule has 32 heavy (non-hydrogen) atoms. The second-order valence-electron chi connectivity index (χ2n) is 7.79. The number of nitrogens with zero attached hydrogens (tertiary/aromatic N) is 1. The molecule has 0 amide bonds. The lowest BCUT2D eigenvalue weighted by molar-refractivity contribution is 0.103. The Balaban J connectivity index is 1.78. The van der Waals surface area contributed by atoms with E-state index >= 15 is 0 Å². The summed E-state index contributed by atoms with van der Waals surface area (Å²) >= 11 is 0. The first-order valence-electron chi connectivity index (χ1n) is 10.3. The average Bonchev–Trinajstić information content (AvgIpc) is 3.07. The summed E-state index contributed by atoms with van der Waals surface area (Å²) in [5.41, 5.74) is 1.94. The summed E-state index contributed by atoms with van der Waals surface area (Å²) in [7, 11) is 1.58. The molecule has 0 fully saturated rings. The molecule has 0 spiro atoms. The molecule has 2 N–H and O–H groups in total. The van der Waals surface area contributed by atoms with E-state index < -0.39 is 23.0 Å². The molecule has 1 aliphatic heterocycles. The van der Waals surface area contributed by atoms with E-state index in [1.807, 2.05) is 12.1 Å². The summed E-state index contributed by atoms with van der Waals surface area (Å²) < 4.78 is 20.2. The molecule has 2 aromatic carbocycles. The Morgan fingerprint density at radius 3 is 2.47 bits per heavy atom. The van der Waals surface area contributed by atoms with Crippen LogP contribution in [0.15, 0.2) is 63.7 Å². The van der Waals surface area contributed by atoms with Crippen molar-refractivity contribution in [3.05, 3.63) is 103 Å². The molecule has 1 atom stereocenters. The zero-order valence-electron chi connectivity index (χ0n) is 17.3. The second-order valence-corrected chi connectivity index (χ2v) is 7.79. The normalized spacial score (nSPS) is 16.4. The number of aromatic amines is 1. The highest BCUT2D eigenvalue weighted by molar-refractivity contribution is 6.23. The number of Topliss-reactive ketones (excluding diaryl/α,β-unsaturated/α-hetero) is 1. The number of H-pyrrole nitrogens is 1. The second kappa shape index (κ2) is 7.72. The number of ketones is 1. The van der Waals surface area contributed by atoms with E-state index in [-0.39, 0.29) is 11.3 Å². The van der Waals surface area contributed by atoms with Crippen molar-refractivity contribution in [1.29, 1.82) is 0 Å². The minimum absolute atomic E-state index is 0.195. The molecule has 3 aromatic rings. The zero-order chi connectivity index (χ0) is 22.4. The average molecular weight is 433 g/mol. The predicted octanol–water partition coefficient (Wildman–Crippen LogP) is 2.88. The lowest BCUT2D eigenvalue weighted by atomic mass is 9.81. The third-order valence-corrected chi connectivity index (χ3v) is 5.94. The maximum absolute atomic E-state index is 13.7. The topological polar surface area (TPSA) is 93.2 Å². The van der Waals surface area contributed by atoms with Crippen molar-refractivity contribution in [1.82, 2.24) is 9.55 Å². The predicted molar refractivity (Wildman–Crippen MR) is 117 cm³/mol. The van der Waals surface area contributed by atoms with Crippen LogP contribution in [0, 0.1) is 5.82 Å². The lowest BCUT2D eigenvalue weighted by Gasteiger charge is -2.29. The summed E-state index contributed by atoms with van der Waals surface area (Å²) in [6.07, 6.45) is 0.555. The minimum Gasteiger partial charge on any atom is -0.385 e. The van der Waals surface area contributed by atoms with Crippen molar-refractivity contribution in [2.75, 3.05) is 19.0 Å². The Bertz CT molecular complexity index is 1390. The Morgan fingerprint density at radius 1 is 1.03 bits per heavy atom. The number of methoxy groups -OCH3 is 1. The highest BCUT2D eigenvalue weighted by Gasteiger charge is 2.42. The van der Waals surface area contributed by atoms with Gasteiger partial charge in [-0.25, -0.2) is 9.18 Å². The molecule has 1 aromatic heterocycles. The van der Waals surface area contributed by atoms with E-state index in [1.54, 1.807) is 31.4 Å². The molecule has 7 nitrogen and oxygen atoms in total. The number of anilines is 1. The van der Waals surface area contributed by atoms with Crippen LogP contribution >= 0.6 is 0 Å². The smallest absolute Gasteiger partial charge is 0.329 e. The van der Waals surface area contributed by atoms with E-state index in [2.05, 4.69) is 10.3 Å². The van der Waals surface area contributed by atoms with Gasteiger partial charge in [0.05, 0.1) is 11.3 Å². The number of benzene rings is 2. The Labute approximate surface area is 182 Å². The van der Waals surface area contributed by atoms with Gasteiger partial charge in [-0.15, -0.1) is 0 Å². The third kappa shape index (κ3) is 3.03. The van der Waals surface area contributed by atoms with Gasteiger partial charge in [0.15, 0.2) is 5.78 Å². The highest BCUT2D eigenvalue weighted by atomic mass is 19.1. The minimum atomic E-state index is -0.750. The van der Waals surface area contributed by atoms with Crippen molar-refractivity contribution < 1.29 is 13.9 Å². The summed E-state index contributed by atoms with van der Waals surface area (Å²) in [4.78, 5) is 41.5. The third-order valence-electron chi connectivity index (χ3n) is 5.94. The van der Waals surface area contributed by atoms with Crippen LogP contribution in [0.25, 0.3) is 5.70 Å². The van der Waals surface area contributed by atoms with Gasteiger partial charge in [-0.1, -0.05) is 36.4 Å². The summed E-state index contributed by atoms with van der Waals surface area (Å²) in [5, 5.41) is 3.22. The molecule has 162 valence electrons. The van der Waals surface area contributed by atoms with Gasteiger partial charge in [-0.2, -0.15) is 0 Å². The number of carbonyl (C=O) groups excluding carboxylic acids is 1. The largest absolute Gasteiger partial charge is 0.385 e. The van der Waals surface area contributed by atoms with Crippen LogP contribution < -0.4 is 16.6 Å². The van der Waals surface area contributed by atoms with Crippen LogP contribution in [0.2, 0.25) is 0 Å². The number of fused-ring (bicyclic) bond motifs is 3. The van der Waals surface area contributed by atoms with Crippen molar-refractivity contribution >= 4 is 17.3 Å². The molecule has 0 saturated carbocycles. The molecule has 0 unspecified atom stereocenters. The van der Waals surface area contributed by atoms with Crippen molar-refractivity contribution in [2.24, 2.45) is 0 Å². The van der Waals surface area contributed by atoms with Gasteiger partial charge in [-0.05, 0) is 24.1 Å². The Morgan fingerprint density at radius 2 is 1.75 bits per heavy atom. The number of hydrogen-bond donors (Lipinski definition) is 2. The van der Waals surface area contributed by atoms with E-state index in [9.17, 15) is 18.8 Å². The molecule has 0 radical (unpaired) electrons. The van der Waals surface area contributed by atoms with E-state index in [4.69, 9.17) is 4.74 Å². The van der Waals surface area contributed by atoms with Crippen molar-refractivity contribution in [2.45, 2.75) is 18.9 Å². The number of carbonyl (C=O) groups is 1. The van der Waals surface area contributed by atoms with Gasteiger partial charge in [0.1, 0.15) is 11.6 Å². The number of hydrogen-bond acceptors (Lipinski definition) is 5. The standard InChI is InChI=1S/C24H20FN3O4/c1-32-12-4-11-28-22-19(23(30)27-24(28)31)17(13-7-9-14(25)10-8-13)18-20(26-22)15-5-2-3-6-16(15)21(18)29/h2-3,5-10,17,26H,4,11-12H2,1H3,(H,27,30,31)/t17-/m0/s1. The molecule has 1 aliphatic carbocycles. The quantitative estimate of drug-likeness (QED) is 0.604. The van der Waals surface area contributed by atoms with Crippen LogP contribution in [0.1, 0.15) is 39.4 Å². The van der Waals surface area contributed by atoms with Gasteiger partial charge >= 0.3 is 5.69 Å². The fourth-order valence-electron chi connectivity index (χ4n) is 4.53. The number of aromatic nitrogens is 2. The van der Waals surface area contributed by atoms with Gasteiger partial charge in [0.2, 0.25) is 0 Å². The summed E-state index contributed by atoms with van der Waals surface area (Å²) in [6, 6.07) is 12.9. The van der Waals surface area contributed by atoms with Gasteiger partial charge in [-0.3, -0.25) is 19.1 Å². The van der Waals surface area contributed by atoms with Crippen LogP contribution in [0.3, 0.4) is 0 Å². The van der Waals surface area contributed by atoms with Crippen molar-refractivity contribution in [3.63, 3.8) is 0 Å². The molecule has 2 heterocycles. The molecule has 0 saturated heterocycles. The van der Waals surface area contributed by atoms with Crippen LogP contribution in [0.4, 0.5) is 10.2 Å². The monoisotopic (exact) mass is 433 g/mol. The molecule has 5 rings (SSSR count).